The van der Waals surface area contributed by atoms with Crippen LogP contribution in [0.3, 0.4) is 0 Å². The smallest absolute Gasteiger partial charge is 0.410 e. The lowest BCUT2D eigenvalue weighted by Gasteiger charge is -2.28. The van der Waals surface area contributed by atoms with E-state index in [1.54, 1.807) is 71.3 Å². The second kappa shape index (κ2) is 16.5. The number of nitrogens with zero attached hydrogens (tertiary/aromatic N) is 5. The Bertz CT molecular complexity index is 2000. The maximum atomic E-state index is 16.0. The molecular weight excluding hydrogens is 722 g/mol. The number of methoxy groups -OCH3 is 3. The highest BCUT2D eigenvalue weighted by Gasteiger charge is 2.32. The number of ether oxygens (including phenoxy) is 4. The highest BCUT2D eigenvalue weighted by molar-refractivity contribution is 7.92. The van der Waals surface area contributed by atoms with Crippen LogP contribution in [0.1, 0.15) is 26.3 Å². The Kier molecular flexibility index (Phi) is 12.6. The van der Waals surface area contributed by atoms with Gasteiger partial charge >= 0.3 is 6.09 Å². The van der Waals surface area contributed by atoms with Gasteiger partial charge in [-0.15, -0.1) is 0 Å². The average Bonchev–Trinajstić information content (AvgIpc) is 3.10. The minimum atomic E-state index is -4.77. The molecule has 1 heterocycles. The number of nitrogens with one attached hydrogen (secondary N) is 1. The molecule has 0 aliphatic heterocycles. The van der Waals surface area contributed by atoms with Crippen molar-refractivity contribution in [1.29, 1.82) is 0 Å². The molecular formula is C35H41ClF2N6O7S. The van der Waals surface area contributed by atoms with Gasteiger partial charge in [0.25, 0.3) is 10.0 Å². The standard InChI is InChI=1S/C35H41ClF2N6O7S/c1-35(2,3)51-34(45)43(5)14-13-42(4)30-15-24(48-6)11-12-28(30)41-29-18-27(38)32(17-26(29)36)52(46,47)44(33-39-19-23(37)20-40-33)21-22-9-10-25(49-7)16-31(22)50-8/h9-12,15-20,41H,13-14,21H2,1-8H3. The van der Waals surface area contributed by atoms with Gasteiger partial charge < -0.3 is 34.1 Å². The highest BCUT2D eigenvalue weighted by Crippen LogP contribution is 2.38. The number of hydrogen-bond acceptors (Lipinski definition) is 11. The van der Waals surface area contributed by atoms with Crippen LogP contribution < -0.4 is 28.7 Å². The summed E-state index contributed by atoms with van der Waals surface area (Å²) in [5.74, 6) is -1.09. The average molecular weight is 763 g/mol. The van der Waals surface area contributed by atoms with Crippen LogP contribution in [0.5, 0.6) is 17.2 Å². The van der Waals surface area contributed by atoms with E-state index >= 15 is 4.39 Å². The van der Waals surface area contributed by atoms with E-state index in [-0.39, 0.29) is 16.5 Å². The molecule has 13 nitrogen and oxygen atoms in total. The molecule has 0 saturated carbocycles. The molecule has 1 N–H and O–H groups in total. The molecule has 17 heteroatoms. The Morgan fingerprint density at radius 3 is 2.13 bits per heavy atom. The third-order valence-corrected chi connectivity index (χ3v) is 9.64. The molecule has 3 aromatic carbocycles. The summed E-state index contributed by atoms with van der Waals surface area (Å²) in [6, 6.07) is 11.8. The van der Waals surface area contributed by atoms with Crippen molar-refractivity contribution in [2.45, 2.75) is 37.8 Å². The molecule has 280 valence electrons. The SMILES string of the molecule is COc1ccc(CN(c2ncc(F)cn2)S(=O)(=O)c2cc(Cl)c(Nc3ccc(OC)cc3N(C)CCN(C)C(=O)OC(C)(C)C)cc2F)c(OC)c1. The maximum Gasteiger partial charge on any atom is 0.410 e. The van der Waals surface area contributed by atoms with E-state index in [0.29, 0.717) is 41.5 Å². The molecule has 0 aliphatic carbocycles. The van der Waals surface area contributed by atoms with Gasteiger partial charge in [0.15, 0.2) is 5.82 Å². The number of carbonyl (C=O) groups is 1. The summed E-state index contributed by atoms with van der Waals surface area (Å²) in [4.78, 5) is 22.7. The van der Waals surface area contributed by atoms with Crippen LogP contribution in [0.4, 0.5) is 36.6 Å². The van der Waals surface area contributed by atoms with Crippen molar-refractivity contribution < 1.29 is 40.9 Å². The number of halogens is 3. The topological polar surface area (TPSA) is 136 Å². The third kappa shape index (κ3) is 9.61. The van der Waals surface area contributed by atoms with Crippen molar-refractivity contribution >= 4 is 50.7 Å². The molecule has 4 rings (SSSR count). The number of hydrogen-bond donors (Lipinski definition) is 1. The number of rotatable bonds is 14. The van der Waals surface area contributed by atoms with Gasteiger partial charge in [0.2, 0.25) is 5.95 Å². The fourth-order valence-corrected chi connectivity index (χ4v) is 6.54. The molecule has 0 spiro atoms. The third-order valence-electron chi connectivity index (χ3n) is 7.59. The number of carbonyl (C=O) groups excluding carboxylic acids is 1. The van der Waals surface area contributed by atoms with Crippen molar-refractivity contribution in [3.8, 4) is 17.2 Å². The van der Waals surface area contributed by atoms with Crippen LogP contribution in [0, 0.1) is 11.6 Å². The fourth-order valence-electron chi connectivity index (χ4n) is 4.83. The van der Waals surface area contributed by atoms with E-state index in [2.05, 4.69) is 15.3 Å². The van der Waals surface area contributed by atoms with Crippen LogP contribution in [-0.2, 0) is 21.3 Å². The van der Waals surface area contributed by atoms with E-state index in [4.69, 9.17) is 30.5 Å². The summed E-state index contributed by atoms with van der Waals surface area (Å²) in [5, 5.41) is 2.96. The van der Waals surface area contributed by atoms with Crippen LogP contribution in [0.25, 0.3) is 0 Å². The van der Waals surface area contributed by atoms with Crippen molar-refractivity contribution in [1.82, 2.24) is 14.9 Å². The lowest BCUT2D eigenvalue weighted by molar-refractivity contribution is 0.0303. The van der Waals surface area contributed by atoms with E-state index in [1.807, 2.05) is 4.90 Å². The van der Waals surface area contributed by atoms with Gasteiger partial charge in [-0.3, -0.25) is 0 Å². The minimum absolute atomic E-state index is 0.0604. The molecule has 0 unspecified atom stereocenters. The summed E-state index contributed by atoms with van der Waals surface area (Å²) in [5.41, 5.74) is 0.858. The lowest BCUT2D eigenvalue weighted by Crippen LogP contribution is -2.38. The summed E-state index contributed by atoms with van der Waals surface area (Å²) < 4.78 is 80.4. The predicted octanol–water partition coefficient (Wildman–Crippen LogP) is 6.88. The Balaban J connectivity index is 1.67. The number of anilines is 4. The molecule has 0 aliphatic rings. The molecule has 0 fully saturated rings. The Labute approximate surface area is 307 Å². The summed E-state index contributed by atoms with van der Waals surface area (Å²) >= 11 is 6.63. The van der Waals surface area contributed by atoms with Crippen LogP contribution >= 0.6 is 11.6 Å². The second-order valence-corrected chi connectivity index (χ2v) is 14.7. The number of sulfonamides is 1. The summed E-state index contributed by atoms with van der Waals surface area (Å²) in [6.45, 7) is 5.61. The zero-order chi connectivity index (χ0) is 38.4. The fraction of sp³-hybridized carbons (Fsp3) is 0.343. The molecule has 0 bridgehead atoms. The first-order valence-electron chi connectivity index (χ1n) is 15.8. The predicted molar refractivity (Wildman–Crippen MR) is 195 cm³/mol. The number of benzene rings is 3. The molecule has 0 radical (unpaired) electrons. The first kappa shape index (κ1) is 39.7. The monoisotopic (exact) mass is 762 g/mol. The van der Waals surface area contributed by atoms with Crippen molar-refractivity contribution in [3.05, 3.63) is 83.1 Å². The molecule has 1 aromatic heterocycles. The maximum absolute atomic E-state index is 16.0. The molecule has 0 atom stereocenters. The van der Waals surface area contributed by atoms with E-state index in [1.165, 1.54) is 26.2 Å². The largest absolute Gasteiger partial charge is 0.497 e. The van der Waals surface area contributed by atoms with E-state index in [9.17, 15) is 17.6 Å². The lowest BCUT2D eigenvalue weighted by atomic mass is 10.2. The molecule has 1 amide bonds. The van der Waals surface area contributed by atoms with Crippen LogP contribution in [-0.4, -0.2) is 83.5 Å². The Morgan fingerprint density at radius 1 is 0.885 bits per heavy atom. The zero-order valence-corrected chi connectivity index (χ0v) is 31.6. The van der Waals surface area contributed by atoms with Gasteiger partial charge in [0, 0.05) is 50.9 Å². The Hall–Kier alpha value is -5.09. The van der Waals surface area contributed by atoms with E-state index in [0.717, 1.165) is 28.8 Å². The van der Waals surface area contributed by atoms with Crippen molar-refractivity contribution in [2.75, 3.05) is 63.0 Å². The first-order chi connectivity index (χ1) is 24.5. The second-order valence-electron chi connectivity index (χ2n) is 12.5. The number of aromatic nitrogens is 2. The number of amides is 1. The van der Waals surface area contributed by atoms with E-state index < -0.39 is 50.7 Å². The van der Waals surface area contributed by atoms with Crippen LogP contribution in [0.15, 0.2) is 65.8 Å². The van der Waals surface area contributed by atoms with Gasteiger partial charge in [-0.2, -0.15) is 0 Å². The van der Waals surface area contributed by atoms with Gasteiger partial charge in [-0.25, -0.2) is 36.3 Å². The molecule has 52 heavy (non-hydrogen) atoms. The van der Waals surface area contributed by atoms with Gasteiger partial charge in [-0.05, 0) is 51.1 Å². The normalized spacial score (nSPS) is 11.4. The number of likely N-dealkylation sites (N-methyl/N-ethyl adjacent to an activating group) is 2. The van der Waals surface area contributed by atoms with Gasteiger partial charge in [0.1, 0.15) is 33.6 Å². The molecule has 4 aromatic rings. The van der Waals surface area contributed by atoms with Gasteiger partial charge in [0.05, 0.1) is 62.4 Å². The highest BCUT2D eigenvalue weighted by atomic mass is 35.5. The van der Waals surface area contributed by atoms with Gasteiger partial charge in [-0.1, -0.05) is 11.6 Å². The zero-order valence-electron chi connectivity index (χ0n) is 30.0. The first-order valence-corrected chi connectivity index (χ1v) is 17.6. The quantitative estimate of drug-likeness (QED) is 0.144. The molecule has 0 saturated heterocycles. The summed E-state index contributed by atoms with van der Waals surface area (Å²) in [6.07, 6.45) is 1.12. The minimum Gasteiger partial charge on any atom is -0.497 e. The van der Waals surface area contributed by atoms with Crippen LogP contribution in [0.2, 0.25) is 5.02 Å². The van der Waals surface area contributed by atoms with Crippen molar-refractivity contribution in [3.63, 3.8) is 0 Å². The van der Waals surface area contributed by atoms with Crippen molar-refractivity contribution in [2.24, 2.45) is 0 Å². The summed E-state index contributed by atoms with van der Waals surface area (Å²) in [7, 11) is 3.02. The Morgan fingerprint density at radius 2 is 1.52 bits per heavy atom.